The van der Waals surface area contributed by atoms with Crippen molar-refractivity contribution in [2.45, 2.75) is 81.4 Å². The Kier molecular flexibility index (Phi) is 4.74. The van der Waals surface area contributed by atoms with Crippen LogP contribution in [-0.2, 0) is 9.53 Å². The number of esters is 1. The van der Waals surface area contributed by atoms with E-state index in [1.54, 1.807) is 0 Å². The molecule has 3 unspecified atom stereocenters. The summed E-state index contributed by atoms with van der Waals surface area (Å²) in [5, 5.41) is 67.0. The molecule has 0 aromatic carbocycles. The standard InChI is InChI=1S/C23H34O8/c1-20-9-16(26)19-15(23(20,30)5-3-14(20)12-6-18(28)31-10-12)2-4-21(29)8-13(25)7-17(27)22(19,21)11-24/h6,13-17,19,24-27,29-30H,2-5,7-11H2,1H3/t13-,14+,15?,16+,17+,19?,20+,21-,22?,23-/m0/s1. The van der Waals surface area contributed by atoms with Gasteiger partial charge in [-0.3, -0.25) is 0 Å². The van der Waals surface area contributed by atoms with Crippen LogP contribution in [0.4, 0.5) is 0 Å². The van der Waals surface area contributed by atoms with Gasteiger partial charge in [0, 0.05) is 30.3 Å². The van der Waals surface area contributed by atoms with E-state index in [-0.39, 0.29) is 44.2 Å². The number of ether oxygens (including phenoxy) is 1. The van der Waals surface area contributed by atoms with Crippen molar-refractivity contribution in [1.82, 2.24) is 0 Å². The summed E-state index contributed by atoms with van der Waals surface area (Å²) in [5.74, 6) is -1.62. The molecule has 1 aliphatic heterocycles. The van der Waals surface area contributed by atoms with Crippen molar-refractivity contribution in [3.63, 3.8) is 0 Å². The third kappa shape index (κ3) is 2.55. The van der Waals surface area contributed by atoms with E-state index >= 15 is 0 Å². The number of cyclic esters (lactones) is 1. The highest BCUT2D eigenvalue weighted by Crippen LogP contribution is 2.70. The van der Waals surface area contributed by atoms with Crippen LogP contribution in [-0.4, -0.2) is 79.3 Å². The largest absolute Gasteiger partial charge is 0.458 e. The van der Waals surface area contributed by atoms with Crippen molar-refractivity contribution in [1.29, 1.82) is 0 Å². The molecule has 0 radical (unpaired) electrons. The van der Waals surface area contributed by atoms with Gasteiger partial charge in [-0.2, -0.15) is 0 Å². The predicted molar refractivity (Wildman–Crippen MR) is 107 cm³/mol. The Morgan fingerprint density at radius 1 is 1.13 bits per heavy atom. The first-order valence-electron chi connectivity index (χ1n) is 11.5. The predicted octanol–water partition coefficient (Wildman–Crippen LogP) is -0.367. The van der Waals surface area contributed by atoms with E-state index in [9.17, 15) is 35.4 Å². The minimum Gasteiger partial charge on any atom is -0.458 e. The van der Waals surface area contributed by atoms with Crippen molar-refractivity contribution < 1.29 is 40.2 Å². The topological polar surface area (TPSA) is 148 Å². The molecule has 8 nitrogen and oxygen atoms in total. The van der Waals surface area contributed by atoms with E-state index in [2.05, 4.69) is 0 Å². The number of carbonyl (C=O) groups is 1. The van der Waals surface area contributed by atoms with Crippen LogP contribution in [0.1, 0.15) is 51.9 Å². The zero-order valence-corrected chi connectivity index (χ0v) is 17.9. The first-order chi connectivity index (χ1) is 14.5. The molecule has 0 amide bonds. The van der Waals surface area contributed by atoms with Gasteiger partial charge < -0.3 is 35.4 Å². The molecule has 0 saturated heterocycles. The van der Waals surface area contributed by atoms with Crippen LogP contribution in [0.25, 0.3) is 0 Å². The van der Waals surface area contributed by atoms with Crippen molar-refractivity contribution in [3.8, 4) is 0 Å². The average Bonchev–Trinajstić information content (AvgIpc) is 3.21. The second-order valence-electron chi connectivity index (χ2n) is 11.0. The fourth-order valence-corrected chi connectivity index (χ4v) is 8.69. The molecule has 4 fully saturated rings. The Morgan fingerprint density at radius 3 is 2.52 bits per heavy atom. The monoisotopic (exact) mass is 438 g/mol. The van der Waals surface area contributed by atoms with E-state index < -0.39 is 58.8 Å². The molecule has 31 heavy (non-hydrogen) atoms. The molecular formula is C23H34O8. The Hall–Kier alpha value is -1.03. The van der Waals surface area contributed by atoms with E-state index in [1.807, 2.05) is 6.92 Å². The van der Waals surface area contributed by atoms with E-state index in [4.69, 9.17) is 4.74 Å². The lowest BCUT2D eigenvalue weighted by Gasteiger charge is -2.68. The Bertz CT molecular complexity index is 813. The molecule has 174 valence electrons. The summed E-state index contributed by atoms with van der Waals surface area (Å²) >= 11 is 0. The fourth-order valence-electron chi connectivity index (χ4n) is 8.69. The van der Waals surface area contributed by atoms with Crippen LogP contribution in [0.3, 0.4) is 0 Å². The molecule has 4 saturated carbocycles. The smallest absolute Gasteiger partial charge is 0.331 e. The highest BCUT2D eigenvalue weighted by atomic mass is 16.5. The van der Waals surface area contributed by atoms with Crippen LogP contribution in [0, 0.1) is 28.6 Å². The maximum Gasteiger partial charge on any atom is 0.331 e. The van der Waals surface area contributed by atoms with Gasteiger partial charge in [0.25, 0.3) is 0 Å². The quantitative estimate of drug-likeness (QED) is 0.320. The van der Waals surface area contributed by atoms with Gasteiger partial charge in [0.05, 0.1) is 41.5 Å². The lowest BCUT2D eigenvalue weighted by Crippen LogP contribution is -2.75. The van der Waals surface area contributed by atoms with Crippen LogP contribution in [0.5, 0.6) is 0 Å². The van der Waals surface area contributed by atoms with Gasteiger partial charge in [-0.05, 0) is 49.5 Å². The third-order valence-electron chi connectivity index (χ3n) is 10.1. The molecule has 4 aliphatic carbocycles. The zero-order valence-electron chi connectivity index (χ0n) is 17.9. The minimum atomic E-state index is -1.52. The summed E-state index contributed by atoms with van der Waals surface area (Å²) in [7, 11) is 0. The summed E-state index contributed by atoms with van der Waals surface area (Å²) in [4.78, 5) is 11.7. The first kappa shape index (κ1) is 21.8. The van der Waals surface area contributed by atoms with Crippen LogP contribution in [0.2, 0.25) is 0 Å². The first-order valence-corrected chi connectivity index (χ1v) is 11.5. The van der Waals surface area contributed by atoms with Crippen LogP contribution in [0.15, 0.2) is 11.6 Å². The van der Waals surface area contributed by atoms with Crippen LogP contribution >= 0.6 is 0 Å². The fraction of sp³-hybridized carbons (Fsp3) is 0.870. The molecule has 10 atom stereocenters. The van der Waals surface area contributed by atoms with E-state index in [1.165, 1.54) is 6.08 Å². The second kappa shape index (κ2) is 6.74. The third-order valence-corrected chi connectivity index (χ3v) is 10.1. The summed E-state index contributed by atoms with van der Waals surface area (Å²) in [6, 6.07) is 0. The molecule has 0 aromatic rings. The highest BCUT2D eigenvalue weighted by molar-refractivity contribution is 5.85. The summed E-state index contributed by atoms with van der Waals surface area (Å²) in [6.07, 6.45) is 0.531. The number of aliphatic hydroxyl groups is 6. The summed E-state index contributed by atoms with van der Waals surface area (Å²) in [6.45, 7) is 1.64. The van der Waals surface area contributed by atoms with Crippen molar-refractivity contribution in [2.75, 3.05) is 13.2 Å². The maximum atomic E-state index is 12.1. The SMILES string of the molecule is C[C@]12C[C@@H](O)C3C(CC[C@]4(O)C[C@@H](O)C[C@@H](O)C34CO)[C@@]1(O)CC[C@@H]2C1=CC(=O)OC1. The van der Waals surface area contributed by atoms with Gasteiger partial charge in [-0.15, -0.1) is 0 Å². The van der Waals surface area contributed by atoms with Gasteiger partial charge in [0.1, 0.15) is 6.61 Å². The van der Waals surface area contributed by atoms with E-state index in [0.29, 0.717) is 19.3 Å². The van der Waals surface area contributed by atoms with E-state index in [0.717, 1.165) is 5.57 Å². The van der Waals surface area contributed by atoms with Gasteiger partial charge in [-0.1, -0.05) is 6.92 Å². The molecule has 6 N–H and O–H groups in total. The summed E-state index contributed by atoms with van der Waals surface area (Å²) < 4.78 is 5.11. The maximum absolute atomic E-state index is 12.1. The van der Waals surface area contributed by atoms with Gasteiger partial charge >= 0.3 is 5.97 Å². The van der Waals surface area contributed by atoms with Crippen molar-refractivity contribution >= 4 is 5.97 Å². The lowest BCUT2D eigenvalue weighted by molar-refractivity contribution is -0.317. The molecule has 5 aliphatic rings. The normalized spacial score (nSPS) is 56.4. The average molecular weight is 439 g/mol. The Morgan fingerprint density at radius 2 is 1.87 bits per heavy atom. The highest BCUT2D eigenvalue weighted by Gasteiger charge is 2.75. The molecule has 8 heteroatoms. The van der Waals surface area contributed by atoms with Crippen LogP contribution < -0.4 is 0 Å². The lowest BCUT2D eigenvalue weighted by atomic mass is 9.40. The summed E-state index contributed by atoms with van der Waals surface area (Å²) in [5.41, 5.74) is -3.95. The molecular weight excluding hydrogens is 404 g/mol. The number of aliphatic hydroxyl groups excluding tert-OH is 4. The molecule has 0 bridgehead atoms. The minimum absolute atomic E-state index is 0.0173. The van der Waals surface area contributed by atoms with Gasteiger partial charge in [-0.25, -0.2) is 4.79 Å². The Balaban J connectivity index is 1.58. The van der Waals surface area contributed by atoms with Crippen molar-refractivity contribution in [2.24, 2.45) is 28.6 Å². The van der Waals surface area contributed by atoms with Gasteiger partial charge in [0.2, 0.25) is 0 Å². The second-order valence-corrected chi connectivity index (χ2v) is 11.0. The number of hydrogen-bond acceptors (Lipinski definition) is 8. The van der Waals surface area contributed by atoms with Gasteiger partial charge in [0.15, 0.2) is 0 Å². The Labute approximate surface area is 181 Å². The number of fused-ring (bicyclic) bond motifs is 5. The molecule has 1 heterocycles. The molecule has 0 spiro atoms. The number of hydrogen-bond donors (Lipinski definition) is 6. The van der Waals surface area contributed by atoms with Crippen molar-refractivity contribution in [3.05, 3.63) is 11.6 Å². The zero-order chi connectivity index (χ0) is 22.4. The molecule has 5 rings (SSSR count). The number of rotatable bonds is 2. The number of carbonyl (C=O) groups excluding carboxylic acids is 1. The molecule has 0 aromatic heterocycles.